The third-order valence-electron chi connectivity index (χ3n) is 2.52. The van der Waals surface area contributed by atoms with Crippen LogP contribution in [-0.4, -0.2) is 5.11 Å². The Labute approximate surface area is 102 Å². The van der Waals surface area contributed by atoms with Crippen LogP contribution in [0.3, 0.4) is 0 Å². The lowest BCUT2D eigenvalue weighted by molar-refractivity contribution is 0.238. The Morgan fingerprint density at radius 2 is 2.29 bits per heavy atom. The minimum Gasteiger partial charge on any atom is -0.376 e. The molecule has 0 aliphatic heterocycles. The van der Waals surface area contributed by atoms with Crippen molar-refractivity contribution in [2.75, 3.05) is 0 Å². The van der Waals surface area contributed by atoms with Crippen molar-refractivity contribution >= 4 is 6.08 Å². The maximum absolute atomic E-state index is 13.1. The fraction of sp³-hybridized carbons (Fsp3) is 0.333. The summed E-state index contributed by atoms with van der Waals surface area (Å²) in [6.07, 6.45) is 11.1. The molecule has 1 N–H and O–H groups in total. The summed E-state index contributed by atoms with van der Waals surface area (Å²) in [5.74, 6) is 1.92. The molecule has 0 radical (unpaired) electrons. The van der Waals surface area contributed by atoms with E-state index in [9.17, 15) is 9.50 Å². The Bertz CT molecular complexity index is 429. The molecule has 1 rings (SSSR count). The maximum atomic E-state index is 13.1. The standard InChI is InChI=1S/C15H17FO/c1-3-5-6-7-8-12-11-13(16)9-10-14(12)15(17)4-2/h2,7-11,15,17H,3,5-6H2,1H3/b8-7+. The van der Waals surface area contributed by atoms with Crippen molar-refractivity contribution in [1.82, 2.24) is 0 Å². The van der Waals surface area contributed by atoms with E-state index in [0.29, 0.717) is 11.1 Å². The molecule has 1 unspecified atom stereocenters. The number of hydrogen-bond acceptors (Lipinski definition) is 1. The third kappa shape index (κ3) is 4.05. The van der Waals surface area contributed by atoms with E-state index in [1.165, 1.54) is 18.2 Å². The number of halogens is 1. The Morgan fingerprint density at radius 1 is 1.53 bits per heavy atom. The predicted molar refractivity (Wildman–Crippen MR) is 68.8 cm³/mol. The van der Waals surface area contributed by atoms with Crippen LogP contribution in [0.5, 0.6) is 0 Å². The van der Waals surface area contributed by atoms with Crippen LogP contribution < -0.4 is 0 Å². The van der Waals surface area contributed by atoms with Crippen LogP contribution in [0.2, 0.25) is 0 Å². The molecule has 1 aromatic rings. The van der Waals surface area contributed by atoms with Crippen molar-refractivity contribution in [2.45, 2.75) is 32.3 Å². The van der Waals surface area contributed by atoms with E-state index < -0.39 is 6.10 Å². The summed E-state index contributed by atoms with van der Waals surface area (Å²) in [4.78, 5) is 0. The van der Waals surface area contributed by atoms with Crippen LogP contribution in [0.1, 0.15) is 43.4 Å². The van der Waals surface area contributed by atoms with Crippen molar-refractivity contribution in [3.8, 4) is 12.3 Å². The smallest absolute Gasteiger partial charge is 0.140 e. The summed E-state index contributed by atoms with van der Waals surface area (Å²) in [5.41, 5.74) is 1.22. The van der Waals surface area contributed by atoms with Crippen LogP contribution in [0, 0.1) is 18.2 Å². The number of terminal acetylenes is 1. The van der Waals surface area contributed by atoms with Gasteiger partial charge in [-0.3, -0.25) is 0 Å². The Kier molecular flexibility index (Phi) is 5.45. The zero-order valence-corrected chi connectivity index (χ0v) is 9.99. The van der Waals surface area contributed by atoms with Gasteiger partial charge in [-0.05, 0) is 24.1 Å². The fourth-order valence-corrected chi connectivity index (χ4v) is 1.56. The van der Waals surface area contributed by atoms with Gasteiger partial charge in [0, 0.05) is 5.56 Å². The minimum absolute atomic E-state index is 0.326. The molecular weight excluding hydrogens is 215 g/mol. The normalized spacial score (nSPS) is 12.6. The minimum atomic E-state index is -0.985. The molecule has 17 heavy (non-hydrogen) atoms. The summed E-state index contributed by atoms with van der Waals surface area (Å²) >= 11 is 0. The van der Waals surface area contributed by atoms with Crippen molar-refractivity contribution in [1.29, 1.82) is 0 Å². The SMILES string of the molecule is C#CC(O)c1ccc(F)cc1/C=C/CCCC. The molecule has 1 atom stereocenters. The van der Waals surface area contributed by atoms with Gasteiger partial charge in [0.25, 0.3) is 0 Å². The van der Waals surface area contributed by atoms with Crippen molar-refractivity contribution in [3.05, 3.63) is 41.2 Å². The summed E-state index contributed by atoms with van der Waals surface area (Å²) in [7, 11) is 0. The molecule has 0 saturated heterocycles. The second-order valence-corrected chi connectivity index (χ2v) is 3.89. The highest BCUT2D eigenvalue weighted by molar-refractivity contribution is 5.55. The first-order valence-electron chi connectivity index (χ1n) is 5.79. The van der Waals surface area contributed by atoms with E-state index in [0.717, 1.165) is 19.3 Å². The van der Waals surface area contributed by atoms with Crippen LogP contribution in [0.15, 0.2) is 24.3 Å². The zero-order chi connectivity index (χ0) is 12.7. The number of allylic oxidation sites excluding steroid dienone is 1. The number of aliphatic hydroxyl groups is 1. The van der Waals surface area contributed by atoms with E-state index in [2.05, 4.69) is 12.8 Å². The number of unbranched alkanes of at least 4 members (excludes halogenated alkanes) is 2. The van der Waals surface area contributed by atoms with Gasteiger partial charge in [0.05, 0.1) is 0 Å². The van der Waals surface area contributed by atoms with E-state index in [-0.39, 0.29) is 5.82 Å². The molecule has 90 valence electrons. The highest BCUT2D eigenvalue weighted by Gasteiger charge is 2.08. The molecule has 0 amide bonds. The van der Waals surface area contributed by atoms with E-state index in [1.807, 2.05) is 12.2 Å². The van der Waals surface area contributed by atoms with Crippen molar-refractivity contribution in [3.63, 3.8) is 0 Å². The van der Waals surface area contributed by atoms with E-state index in [4.69, 9.17) is 6.42 Å². The van der Waals surface area contributed by atoms with Crippen LogP contribution >= 0.6 is 0 Å². The zero-order valence-electron chi connectivity index (χ0n) is 9.99. The highest BCUT2D eigenvalue weighted by atomic mass is 19.1. The van der Waals surface area contributed by atoms with Crippen LogP contribution in [0.4, 0.5) is 4.39 Å². The second-order valence-electron chi connectivity index (χ2n) is 3.89. The lowest BCUT2D eigenvalue weighted by Gasteiger charge is -2.08. The molecule has 0 spiro atoms. The lowest BCUT2D eigenvalue weighted by atomic mass is 10.0. The van der Waals surface area contributed by atoms with Crippen molar-refractivity contribution < 1.29 is 9.50 Å². The van der Waals surface area contributed by atoms with Gasteiger partial charge in [-0.25, -0.2) is 4.39 Å². The van der Waals surface area contributed by atoms with Crippen LogP contribution in [0.25, 0.3) is 6.08 Å². The van der Waals surface area contributed by atoms with Gasteiger partial charge in [-0.1, -0.05) is 43.9 Å². The quantitative estimate of drug-likeness (QED) is 0.606. The molecule has 0 aliphatic carbocycles. The van der Waals surface area contributed by atoms with Crippen LogP contribution in [-0.2, 0) is 0 Å². The number of rotatable bonds is 5. The average Bonchev–Trinajstić information content (AvgIpc) is 2.34. The van der Waals surface area contributed by atoms with Gasteiger partial charge in [0.15, 0.2) is 0 Å². The molecule has 0 bridgehead atoms. The largest absolute Gasteiger partial charge is 0.376 e. The number of hydrogen-bond donors (Lipinski definition) is 1. The highest BCUT2D eigenvalue weighted by Crippen LogP contribution is 2.20. The van der Waals surface area contributed by atoms with Gasteiger partial charge in [0.1, 0.15) is 11.9 Å². The average molecular weight is 232 g/mol. The second kappa shape index (κ2) is 6.88. The van der Waals surface area contributed by atoms with Gasteiger partial charge in [0.2, 0.25) is 0 Å². The molecule has 0 fully saturated rings. The topological polar surface area (TPSA) is 20.2 Å². The first kappa shape index (κ1) is 13.5. The first-order chi connectivity index (χ1) is 8.19. The van der Waals surface area contributed by atoms with Gasteiger partial charge in [-0.15, -0.1) is 6.42 Å². The monoisotopic (exact) mass is 232 g/mol. The predicted octanol–water partition coefficient (Wildman–Crippen LogP) is 3.70. The van der Waals surface area contributed by atoms with Gasteiger partial charge >= 0.3 is 0 Å². The molecule has 1 aromatic carbocycles. The molecule has 0 aromatic heterocycles. The molecule has 0 aliphatic rings. The molecule has 0 saturated carbocycles. The molecule has 1 nitrogen and oxygen atoms in total. The summed E-state index contributed by atoms with van der Waals surface area (Å²) in [6.45, 7) is 2.11. The maximum Gasteiger partial charge on any atom is 0.140 e. The Hall–Kier alpha value is -1.59. The molecule has 0 heterocycles. The van der Waals surface area contributed by atoms with E-state index >= 15 is 0 Å². The Morgan fingerprint density at radius 3 is 2.94 bits per heavy atom. The summed E-state index contributed by atoms with van der Waals surface area (Å²) in [6, 6.07) is 4.22. The molecule has 2 heteroatoms. The first-order valence-corrected chi connectivity index (χ1v) is 5.79. The molecular formula is C15H17FO. The third-order valence-corrected chi connectivity index (χ3v) is 2.52. The summed E-state index contributed by atoms with van der Waals surface area (Å²) < 4.78 is 13.1. The Balaban J connectivity index is 2.92. The number of benzene rings is 1. The van der Waals surface area contributed by atoms with Gasteiger partial charge in [-0.2, -0.15) is 0 Å². The van der Waals surface area contributed by atoms with Gasteiger partial charge < -0.3 is 5.11 Å². The van der Waals surface area contributed by atoms with E-state index in [1.54, 1.807) is 0 Å². The summed E-state index contributed by atoms with van der Waals surface area (Å²) in [5, 5.41) is 9.61. The fourth-order valence-electron chi connectivity index (χ4n) is 1.56. The lowest BCUT2D eigenvalue weighted by Crippen LogP contribution is -1.97. The van der Waals surface area contributed by atoms with Crippen molar-refractivity contribution in [2.24, 2.45) is 0 Å². The number of aliphatic hydroxyl groups excluding tert-OH is 1.